The first kappa shape index (κ1) is 17.1. The molecule has 4 aromatic rings. The molecule has 0 unspecified atom stereocenters. The summed E-state index contributed by atoms with van der Waals surface area (Å²) in [6.07, 6.45) is -4.71. The van der Waals surface area contributed by atoms with Crippen molar-refractivity contribution < 1.29 is 17.9 Å². The molecule has 0 saturated carbocycles. The molecule has 0 aliphatic heterocycles. The van der Waals surface area contributed by atoms with Gasteiger partial charge in [0.05, 0.1) is 18.0 Å². The van der Waals surface area contributed by atoms with Gasteiger partial charge in [-0.25, -0.2) is 4.98 Å². The van der Waals surface area contributed by atoms with Crippen LogP contribution in [0.15, 0.2) is 65.5 Å². The van der Waals surface area contributed by atoms with E-state index in [1.165, 1.54) is 19.2 Å². The topological polar surface area (TPSA) is 44.1 Å². The van der Waals surface area contributed by atoms with Crippen molar-refractivity contribution in [3.05, 3.63) is 76.6 Å². The van der Waals surface area contributed by atoms with Gasteiger partial charge in [-0.2, -0.15) is 13.2 Å². The Kier molecular flexibility index (Phi) is 3.87. The maximum absolute atomic E-state index is 13.7. The first-order valence-electron chi connectivity index (χ1n) is 8.05. The van der Waals surface area contributed by atoms with E-state index in [1.54, 1.807) is 42.5 Å². The first-order chi connectivity index (χ1) is 12.9. The molecular formula is C20H13F3N2O2. The van der Waals surface area contributed by atoms with E-state index in [4.69, 9.17) is 4.74 Å². The summed E-state index contributed by atoms with van der Waals surface area (Å²) in [7, 11) is 1.49. The molecule has 27 heavy (non-hydrogen) atoms. The summed E-state index contributed by atoms with van der Waals surface area (Å²) in [5.41, 5.74) is -1.15. The Bertz CT molecular complexity index is 1220. The van der Waals surface area contributed by atoms with E-state index in [0.29, 0.717) is 22.7 Å². The SMILES string of the molecule is COc1ccc2cc3c(=O)cc(C(F)(F)F)n(-c4ccccc4)c3nc2c1. The van der Waals surface area contributed by atoms with Gasteiger partial charge in [-0.05, 0) is 30.3 Å². The smallest absolute Gasteiger partial charge is 0.431 e. The third-order valence-electron chi connectivity index (χ3n) is 4.30. The quantitative estimate of drug-likeness (QED) is 0.486. The van der Waals surface area contributed by atoms with E-state index in [9.17, 15) is 18.0 Å². The highest BCUT2D eigenvalue weighted by Crippen LogP contribution is 2.33. The number of alkyl halides is 3. The number of hydrogen-bond acceptors (Lipinski definition) is 3. The molecule has 0 fully saturated rings. The molecule has 4 rings (SSSR count). The van der Waals surface area contributed by atoms with Gasteiger partial charge in [0.2, 0.25) is 0 Å². The fourth-order valence-corrected chi connectivity index (χ4v) is 3.04. The van der Waals surface area contributed by atoms with E-state index in [2.05, 4.69) is 4.98 Å². The van der Waals surface area contributed by atoms with E-state index in [-0.39, 0.29) is 16.7 Å². The Balaban J connectivity index is 2.19. The Morgan fingerprint density at radius 1 is 1.00 bits per heavy atom. The van der Waals surface area contributed by atoms with E-state index < -0.39 is 17.3 Å². The molecule has 2 aromatic carbocycles. The van der Waals surface area contributed by atoms with Gasteiger partial charge in [-0.1, -0.05) is 18.2 Å². The van der Waals surface area contributed by atoms with E-state index >= 15 is 0 Å². The van der Waals surface area contributed by atoms with Crippen LogP contribution in [0.25, 0.3) is 27.6 Å². The summed E-state index contributed by atoms with van der Waals surface area (Å²) >= 11 is 0. The van der Waals surface area contributed by atoms with Crippen LogP contribution in [0.1, 0.15) is 5.69 Å². The van der Waals surface area contributed by atoms with Crippen LogP contribution in [-0.2, 0) is 6.18 Å². The zero-order chi connectivity index (χ0) is 19.2. The molecule has 0 spiro atoms. The average molecular weight is 370 g/mol. The van der Waals surface area contributed by atoms with Gasteiger partial charge in [-0.3, -0.25) is 9.36 Å². The van der Waals surface area contributed by atoms with Crippen molar-refractivity contribution >= 4 is 21.9 Å². The zero-order valence-corrected chi connectivity index (χ0v) is 14.1. The van der Waals surface area contributed by atoms with Crippen molar-refractivity contribution in [1.82, 2.24) is 9.55 Å². The number of hydrogen-bond donors (Lipinski definition) is 0. The second-order valence-electron chi connectivity index (χ2n) is 5.98. The second kappa shape index (κ2) is 6.12. The Morgan fingerprint density at radius 2 is 1.74 bits per heavy atom. The predicted octanol–water partition coefficient (Wildman–Crippen LogP) is 4.57. The van der Waals surface area contributed by atoms with Gasteiger partial charge >= 0.3 is 6.18 Å². The number of aromatic nitrogens is 2. The van der Waals surface area contributed by atoms with Crippen molar-refractivity contribution in [2.45, 2.75) is 6.18 Å². The van der Waals surface area contributed by atoms with Gasteiger partial charge in [0.25, 0.3) is 0 Å². The maximum Gasteiger partial charge on any atom is 0.431 e. The third kappa shape index (κ3) is 2.91. The van der Waals surface area contributed by atoms with Crippen LogP contribution in [0.5, 0.6) is 5.75 Å². The van der Waals surface area contributed by atoms with Crippen LogP contribution in [0.3, 0.4) is 0 Å². The number of pyridine rings is 2. The number of rotatable bonds is 2. The van der Waals surface area contributed by atoms with Crippen molar-refractivity contribution in [2.75, 3.05) is 7.11 Å². The Morgan fingerprint density at radius 3 is 2.41 bits per heavy atom. The highest BCUT2D eigenvalue weighted by molar-refractivity contribution is 5.92. The normalized spacial score (nSPS) is 11.9. The number of methoxy groups -OCH3 is 1. The molecule has 0 atom stereocenters. The van der Waals surface area contributed by atoms with Crippen LogP contribution in [0.4, 0.5) is 13.2 Å². The predicted molar refractivity (Wildman–Crippen MR) is 96.4 cm³/mol. The van der Waals surface area contributed by atoms with Crippen LogP contribution >= 0.6 is 0 Å². The summed E-state index contributed by atoms with van der Waals surface area (Å²) < 4.78 is 47.1. The van der Waals surface area contributed by atoms with Crippen LogP contribution < -0.4 is 10.2 Å². The summed E-state index contributed by atoms with van der Waals surface area (Å²) in [6.45, 7) is 0. The average Bonchev–Trinajstić information content (AvgIpc) is 2.66. The lowest BCUT2D eigenvalue weighted by Gasteiger charge is -2.18. The number of halogens is 3. The first-order valence-corrected chi connectivity index (χ1v) is 8.05. The molecular weight excluding hydrogens is 357 g/mol. The lowest BCUT2D eigenvalue weighted by atomic mass is 10.1. The van der Waals surface area contributed by atoms with Gasteiger partial charge in [0, 0.05) is 23.2 Å². The summed E-state index contributed by atoms with van der Waals surface area (Å²) in [5.74, 6) is 0.523. The molecule has 7 heteroatoms. The second-order valence-corrected chi connectivity index (χ2v) is 5.98. The van der Waals surface area contributed by atoms with Gasteiger partial charge < -0.3 is 4.74 Å². The van der Waals surface area contributed by atoms with Crippen molar-refractivity contribution in [2.24, 2.45) is 0 Å². The summed E-state index contributed by atoms with van der Waals surface area (Å²) in [4.78, 5) is 16.8. The zero-order valence-electron chi connectivity index (χ0n) is 14.1. The molecule has 0 N–H and O–H groups in total. The van der Waals surface area contributed by atoms with Crippen molar-refractivity contribution in [1.29, 1.82) is 0 Å². The molecule has 0 saturated heterocycles. The molecule has 0 amide bonds. The van der Waals surface area contributed by atoms with E-state index in [0.717, 1.165) is 4.57 Å². The van der Waals surface area contributed by atoms with Gasteiger partial charge in [-0.15, -0.1) is 0 Å². The summed E-state index contributed by atoms with van der Waals surface area (Å²) in [5, 5.41) is 0.754. The summed E-state index contributed by atoms with van der Waals surface area (Å²) in [6, 6.07) is 15.2. The Hall–Kier alpha value is -3.35. The third-order valence-corrected chi connectivity index (χ3v) is 4.30. The molecule has 0 aliphatic rings. The molecule has 4 nitrogen and oxygen atoms in total. The Labute approximate surface area is 151 Å². The number of benzene rings is 2. The largest absolute Gasteiger partial charge is 0.497 e. The number of nitrogens with zero attached hydrogens (tertiary/aromatic N) is 2. The maximum atomic E-state index is 13.7. The monoisotopic (exact) mass is 370 g/mol. The van der Waals surface area contributed by atoms with Crippen LogP contribution in [0.2, 0.25) is 0 Å². The fourth-order valence-electron chi connectivity index (χ4n) is 3.04. The van der Waals surface area contributed by atoms with Crippen molar-refractivity contribution in [3.63, 3.8) is 0 Å². The number of para-hydroxylation sites is 1. The highest BCUT2D eigenvalue weighted by Gasteiger charge is 2.36. The minimum atomic E-state index is -4.71. The minimum Gasteiger partial charge on any atom is -0.497 e. The molecule has 2 heterocycles. The van der Waals surface area contributed by atoms with Gasteiger partial charge in [0.1, 0.15) is 17.1 Å². The standard InChI is InChI=1S/C20H13F3N2O2/c1-27-14-8-7-12-9-15-17(26)11-18(20(21,22)23)25(13-5-3-2-4-6-13)19(15)24-16(12)10-14/h2-11H,1H3. The van der Waals surface area contributed by atoms with E-state index in [1.807, 2.05) is 0 Å². The number of ether oxygens (including phenoxy) is 1. The molecule has 0 bridgehead atoms. The van der Waals surface area contributed by atoms with Gasteiger partial charge in [0.15, 0.2) is 5.43 Å². The highest BCUT2D eigenvalue weighted by atomic mass is 19.4. The lowest BCUT2D eigenvalue weighted by molar-refractivity contribution is -0.142. The minimum absolute atomic E-state index is 0.0539. The van der Waals surface area contributed by atoms with Crippen LogP contribution in [0, 0.1) is 0 Å². The van der Waals surface area contributed by atoms with Crippen LogP contribution in [-0.4, -0.2) is 16.7 Å². The lowest BCUT2D eigenvalue weighted by Crippen LogP contribution is -2.21. The molecule has 0 aliphatic carbocycles. The molecule has 2 aromatic heterocycles. The van der Waals surface area contributed by atoms with Crippen molar-refractivity contribution in [3.8, 4) is 11.4 Å². The fraction of sp³-hybridized carbons (Fsp3) is 0.100. The molecule has 0 radical (unpaired) electrons. The number of fused-ring (bicyclic) bond motifs is 2. The molecule has 136 valence electrons.